The maximum atomic E-state index is 10.1. The topological polar surface area (TPSA) is 80.9 Å². The number of hydrogen-bond donors (Lipinski definition) is 2. The van der Waals surface area contributed by atoms with Crippen molar-refractivity contribution >= 4 is 17.9 Å². The number of nitrogens with zero attached hydrogens (tertiary/aromatic N) is 2. The van der Waals surface area contributed by atoms with Gasteiger partial charge in [-0.1, -0.05) is 0 Å². The summed E-state index contributed by atoms with van der Waals surface area (Å²) in [5.74, 6) is 0.233. The molecule has 3 N–H and O–H groups in total. The van der Waals surface area contributed by atoms with Crippen molar-refractivity contribution < 1.29 is 4.79 Å². The first-order chi connectivity index (χ1) is 5.25. The zero-order valence-electron chi connectivity index (χ0n) is 6.03. The molecule has 0 saturated heterocycles. The molecule has 0 fully saturated rings. The van der Waals surface area contributed by atoms with E-state index in [1.807, 2.05) is 0 Å². The third kappa shape index (κ3) is 1.43. The van der Waals surface area contributed by atoms with E-state index in [2.05, 4.69) is 15.5 Å². The second-order valence-electron chi connectivity index (χ2n) is 2.05. The molecule has 0 spiro atoms. The van der Waals surface area contributed by atoms with E-state index >= 15 is 0 Å². The van der Waals surface area contributed by atoms with Gasteiger partial charge in [0.1, 0.15) is 0 Å². The summed E-state index contributed by atoms with van der Waals surface area (Å²) in [5.41, 5.74) is 6.73. The lowest BCUT2D eigenvalue weighted by Gasteiger charge is -2.03. The zero-order valence-corrected chi connectivity index (χ0v) is 6.03. The number of aromatic nitrogens is 2. The fourth-order valence-electron chi connectivity index (χ4n) is 0.741. The lowest BCUT2D eigenvalue weighted by molar-refractivity contribution is -0.105. The maximum absolute atomic E-state index is 10.1. The Labute approximate surface area is 63.6 Å². The molecule has 0 unspecified atom stereocenters. The van der Waals surface area contributed by atoms with Gasteiger partial charge in [-0.25, -0.2) is 0 Å². The number of hydrogen-bond acceptors (Lipinski definition) is 4. The van der Waals surface area contributed by atoms with Gasteiger partial charge in [-0.2, -0.15) is 5.10 Å². The van der Waals surface area contributed by atoms with Gasteiger partial charge in [0.15, 0.2) is 5.82 Å². The fourth-order valence-corrected chi connectivity index (χ4v) is 0.741. The third-order valence-corrected chi connectivity index (χ3v) is 1.27. The highest BCUT2D eigenvalue weighted by Crippen LogP contribution is 2.17. The van der Waals surface area contributed by atoms with Crippen LogP contribution in [0.15, 0.2) is 6.20 Å². The minimum Gasteiger partial charge on any atom is -0.380 e. The molecule has 0 atom stereocenters. The minimum absolute atomic E-state index is 0.233. The molecule has 1 rings (SSSR count). The van der Waals surface area contributed by atoms with E-state index in [1.165, 1.54) is 6.20 Å². The van der Waals surface area contributed by atoms with Gasteiger partial charge in [-0.3, -0.25) is 4.79 Å². The van der Waals surface area contributed by atoms with Crippen molar-refractivity contribution in [2.75, 3.05) is 11.1 Å². The number of aryl methyl sites for hydroxylation is 1. The van der Waals surface area contributed by atoms with Gasteiger partial charge in [0.05, 0.1) is 11.9 Å². The van der Waals surface area contributed by atoms with Crippen molar-refractivity contribution in [1.29, 1.82) is 0 Å². The van der Waals surface area contributed by atoms with Crippen molar-refractivity contribution in [1.82, 2.24) is 10.2 Å². The smallest absolute Gasteiger partial charge is 0.211 e. The molecule has 1 aromatic heterocycles. The van der Waals surface area contributed by atoms with Crippen LogP contribution in [-0.4, -0.2) is 16.6 Å². The Bertz CT molecular complexity index is 253. The van der Waals surface area contributed by atoms with Gasteiger partial charge >= 0.3 is 0 Å². The average Bonchev–Trinajstić information content (AvgIpc) is 1.97. The summed E-state index contributed by atoms with van der Waals surface area (Å²) in [6, 6.07) is 0. The SMILES string of the molecule is Cc1cnnc(N)c1NC=O. The first-order valence-electron chi connectivity index (χ1n) is 3.03. The van der Waals surface area contributed by atoms with Crippen molar-refractivity contribution in [3.63, 3.8) is 0 Å². The van der Waals surface area contributed by atoms with Gasteiger partial charge < -0.3 is 11.1 Å². The third-order valence-electron chi connectivity index (χ3n) is 1.27. The maximum Gasteiger partial charge on any atom is 0.211 e. The van der Waals surface area contributed by atoms with Crippen molar-refractivity contribution in [2.24, 2.45) is 0 Å². The largest absolute Gasteiger partial charge is 0.380 e. The van der Waals surface area contributed by atoms with Crippen LogP contribution >= 0.6 is 0 Å². The van der Waals surface area contributed by atoms with Crippen molar-refractivity contribution in [3.05, 3.63) is 11.8 Å². The molecule has 0 aliphatic rings. The minimum atomic E-state index is 0.233. The quantitative estimate of drug-likeness (QED) is 0.581. The molecule has 58 valence electrons. The van der Waals surface area contributed by atoms with Crippen LogP contribution in [0.5, 0.6) is 0 Å². The van der Waals surface area contributed by atoms with E-state index in [4.69, 9.17) is 5.73 Å². The summed E-state index contributed by atoms with van der Waals surface area (Å²) in [5, 5.41) is 9.60. The standard InChI is InChI=1S/C6H8N4O/c1-4-2-9-10-6(7)5(4)8-3-11/h2-3H,1H3,(H2,7,10)(H,8,9,11). The summed E-state index contributed by atoms with van der Waals surface area (Å²) in [4.78, 5) is 10.1. The van der Waals surface area contributed by atoms with Crippen LogP contribution in [0.4, 0.5) is 11.5 Å². The summed E-state index contributed by atoms with van der Waals surface area (Å²) in [6.07, 6.45) is 2.09. The predicted molar refractivity (Wildman–Crippen MR) is 40.9 cm³/mol. The first-order valence-corrected chi connectivity index (χ1v) is 3.03. The van der Waals surface area contributed by atoms with E-state index < -0.39 is 0 Å². The number of carbonyl (C=O) groups is 1. The zero-order chi connectivity index (χ0) is 8.27. The number of anilines is 2. The highest BCUT2D eigenvalue weighted by atomic mass is 16.1. The summed E-state index contributed by atoms with van der Waals surface area (Å²) < 4.78 is 0. The van der Waals surface area contributed by atoms with Crippen LogP contribution in [0, 0.1) is 6.92 Å². The van der Waals surface area contributed by atoms with Crippen molar-refractivity contribution in [2.45, 2.75) is 6.92 Å². The van der Waals surface area contributed by atoms with Gasteiger partial charge in [0.25, 0.3) is 0 Å². The number of nitrogens with two attached hydrogens (primary N) is 1. The molecule has 0 aliphatic heterocycles. The van der Waals surface area contributed by atoms with E-state index in [9.17, 15) is 4.79 Å². The van der Waals surface area contributed by atoms with Crippen LogP contribution in [0.3, 0.4) is 0 Å². The second kappa shape index (κ2) is 2.96. The molecule has 1 amide bonds. The highest BCUT2D eigenvalue weighted by molar-refractivity contribution is 5.79. The second-order valence-corrected chi connectivity index (χ2v) is 2.05. The molecular formula is C6H8N4O. The van der Waals surface area contributed by atoms with Gasteiger partial charge in [-0.05, 0) is 12.5 Å². The van der Waals surface area contributed by atoms with Crippen molar-refractivity contribution in [3.8, 4) is 0 Å². The Kier molecular flexibility index (Phi) is 2.00. The van der Waals surface area contributed by atoms with Crippen LogP contribution in [0.2, 0.25) is 0 Å². The molecule has 1 heterocycles. The molecular weight excluding hydrogens is 144 g/mol. The lowest BCUT2D eigenvalue weighted by Crippen LogP contribution is -2.04. The molecule has 5 heteroatoms. The number of nitrogen functional groups attached to an aromatic ring is 1. The van der Waals surface area contributed by atoms with Crippen LogP contribution in [0.25, 0.3) is 0 Å². The van der Waals surface area contributed by atoms with Gasteiger partial charge in [0, 0.05) is 0 Å². The fraction of sp³-hybridized carbons (Fsp3) is 0.167. The Morgan fingerprint density at radius 2 is 2.45 bits per heavy atom. The number of nitrogens with one attached hydrogen (secondary N) is 1. The Balaban J connectivity index is 3.09. The molecule has 5 nitrogen and oxygen atoms in total. The van der Waals surface area contributed by atoms with E-state index in [1.54, 1.807) is 6.92 Å². The molecule has 0 aromatic carbocycles. The summed E-state index contributed by atoms with van der Waals surface area (Å²) in [7, 11) is 0. The predicted octanol–water partition coefficient (Wildman–Crippen LogP) is -0.0645. The van der Waals surface area contributed by atoms with E-state index in [-0.39, 0.29) is 5.82 Å². The molecule has 0 saturated carbocycles. The van der Waals surface area contributed by atoms with Crippen LogP contribution in [-0.2, 0) is 4.79 Å². The highest BCUT2D eigenvalue weighted by Gasteiger charge is 2.01. The van der Waals surface area contributed by atoms with Gasteiger partial charge in [0.2, 0.25) is 6.41 Å². The monoisotopic (exact) mass is 152 g/mol. The van der Waals surface area contributed by atoms with Crippen LogP contribution in [0.1, 0.15) is 5.56 Å². The molecule has 1 aromatic rings. The molecule has 0 bridgehead atoms. The van der Waals surface area contributed by atoms with Crippen LogP contribution < -0.4 is 11.1 Å². The summed E-state index contributed by atoms with van der Waals surface area (Å²) in [6.45, 7) is 1.79. The number of amides is 1. The Morgan fingerprint density at radius 3 is 3.00 bits per heavy atom. The average molecular weight is 152 g/mol. The number of carbonyl (C=O) groups excluding carboxylic acids is 1. The summed E-state index contributed by atoms with van der Waals surface area (Å²) >= 11 is 0. The van der Waals surface area contributed by atoms with Gasteiger partial charge in [-0.15, -0.1) is 5.10 Å². The first kappa shape index (κ1) is 7.46. The Hall–Kier alpha value is -1.65. The molecule has 0 radical (unpaired) electrons. The normalized spacial score (nSPS) is 9.18. The molecule has 11 heavy (non-hydrogen) atoms. The molecule has 0 aliphatic carbocycles. The number of rotatable bonds is 2. The van der Waals surface area contributed by atoms with E-state index in [0.717, 1.165) is 5.56 Å². The Morgan fingerprint density at radius 1 is 1.73 bits per heavy atom. The lowest BCUT2D eigenvalue weighted by atomic mass is 10.3. The van der Waals surface area contributed by atoms with E-state index in [0.29, 0.717) is 12.1 Å².